The summed E-state index contributed by atoms with van der Waals surface area (Å²) in [6.45, 7) is 3.04. The molecule has 0 saturated heterocycles. The molecule has 2 aromatic carbocycles. The maximum Gasteiger partial charge on any atom is 0.123 e. The van der Waals surface area contributed by atoms with E-state index in [-0.39, 0.29) is 11.7 Å². The topological polar surface area (TPSA) is 44.5 Å². The van der Waals surface area contributed by atoms with Crippen LogP contribution < -0.4 is 15.2 Å². The maximum absolute atomic E-state index is 13.5. The maximum atomic E-state index is 13.5. The van der Waals surface area contributed by atoms with E-state index in [1.807, 2.05) is 18.2 Å². The molecule has 0 bridgehead atoms. The van der Waals surface area contributed by atoms with Gasteiger partial charge in [0, 0.05) is 11.5 Å². The van der Waals surface area contributed by atoms with Gasteiger partial charge in [-0.2, -0.15) is 0 Å². The monoisotopic (exact) mass is 317 g/mol. The predicted octanol–water partition coefficient (Wildman–Crippen LogP) is 3.91. The first-order valence-electron chi connectivity index (χ1n) is 7.93. The van der Waals surface area contributed by atoms with E-state index in [0.29, 0.717) is 25.3 Å². The first-order valence-corrected chi connectivity index (χ1v) is 7.93. The zero-order valence-corrected chi connectivity index (χ0v) is 13.7. The Hall–Kier alpha value is -2.07. The number of nitrogens with two attached hydrogens (primary N) is 1. The van der Waals surface area contributed by atoms with E-state index >= 15 is 0 Å². The fraction of sp³-hybridized carbons (Fsp3) is 0.368. The molecule has 23 heavy (non-hydrogen) atoms. The Bertz CT molecular complexity index is 631. The minimum Gasteiger partial charge on any atom is -0.496 e. The summed E-state index contributed by atoms with van der Waals surface area (Å²) in [6.07, 6.45) is 1.63. The smallest absolute Gasteiger partial charge is 0.123 e. The van der Waals surface area contributed by atoms with Crippen LogP contribution in [0.25, 0.3) is 0 Å². The average molecular weight is 317 g/mol. The van der Waals surface area contributed by atoms with E-state index in [0.717, 1.165) is 17.7 Å². The largest absolute Gasteiger partial charge is 0.496 e. The quantitative estimate of drug-likeness (QED) is 0.803. The summed E-state index contributed by atoms with van der Waals surface area (Å²) in [4.78, 5) is 0. The second-order valence-electron chi connectivity index (χ2n) is 5.42. The molecule has 3 nitrogen and oxygen atoms in total. The van der Waals surface area contributed by atoms with Crippen molar-refractivity contribution in [1.82, 2.24) is 0 Å². The van der Waals surface area contributed by atoms with Crippen LogP contribution in [0.15, 0.2) is 42.5 Å². The molecule has 4 heteroatoms. The normalized spacial score (nSPS) is 12.0. The van der Waals surface area contributed by atoms with Crippen LogP contribution in [-0.2, 0) is 6.42 Å². The van der Waals surface area contributed by atoms with Crippen molar-refractivity contribution < 1.29 is 13.9 Å². The zero-order valence-electron chi connectivity index (χ0n) is 13.7. The molecule has 0 aliphatic heterocycles. The lowest BCUT2D eigenvalue weighted by Crippen LogP contribution is -2.17. The van der Waals surface area contributed by atoms with Crippen molar-refractivity contribution in [3.05, 3.63) is 59.4 Å². The van der Waals surface area contributed by atoms with Gasteiger partial charge in [-0.15, -0.1) is 0 Å². The van der Waals surface area contributed by atoms with Gasteiger partial charge in [-0.1, -0.05) is 25.1 Å². The molecule has 2 aromatic rings. The molecule has 0 heterocycles. The molecule has 2 N–H and O–H groups in total. The van der Waals surface area contributed by atoms with Crippen molar-refractivity contribution in [3.8, 4) is 11.5 Å². The molecule has 0 spiro atoms. The summed E-state index contributed by atoms with van der Waals surface area (Å²) in [5.41, 5.74) is 7.85. The van der Waals surface area contributed by atoms with Crippen molar-refractivity contribution in [1.29, 1.82) is 0 Å². The summed E-state index contributed by atoms with van der Waals surface area (Å²) in [7, 11) is 1.58. The van der Waals surface area contributed by atoms with Crippen LogP contribution in [0.1, 0.15) is 30.4 Å². The standard InChI is InChI=1S/C19H24FNO2/c1-3-14-6-4-5-7-18(14)23-11-10-15(13-21)17-12-16(20)8-9-19(17)22-2/h4-9,12,15H,3,10-11,13,21H2,1-2H3. The average Bonchev–Trinajstić information content (AvgIpc) is 2.59. The third-order valence-corrected chi connectivity index (χ3v) is 3.99. The molecule has 0 saturated carbocycles. The number of para-hydroxylation sites is 1. The van der Waals surface area contributed by atoms with E-state index in [9.17, 15) is 4.39 Å². The second kappa shape index (κ2) is 8.53. The summed E-state index contributed by atoms with van der Waals surface area (Å²) in [6, 6.07) is 12.5. The Morgan fingerprint density at radius 3 is 2.61 bits per heavy atom. The first-order chi connectivity index (χ1) is 11.2. The Balaban J connectivity index is 2.04. The van der Waals surface area contributed by atoms with E-state index in [4.69, 9.17) is 15.2 Å². The molecule has 0 aliphatic rings. The van der Waals surface area contributed by atoms with Gasteiger partial charge in [0.1, 0.15) is 17.3 Å². The molecule has 124 valence electrons. The zero-order chi connectivity index (χ0) is 16.7. The number of rotatable bonds is 8. The number of hydrogen-bond acceptors (Lipinski definition) is 3. The van der Waals surface area contributed by atoms with E-state index in [2.05, 4.69) is 13.0 Å². The fourth-order valence-electron chi connectivity index (χ4n) is 2.67. The molecular formula is C19H24FNO2. The molecular weight excluding hydrogens is 293 g/mol. The third-order valence-electron chi connectivity index (χ3n) is 3.99. The third kappa shape index (κ3) is 4.45. The van der Waals surface area contributed by atoms with Gasteiger partial charge >= 0.3 is 0 Å². The van der Waals surface area contributed by atoms with Gasteiger partial charge in [0.25, 0.3) is 0 Å². The van der Waals surface area contributed by atoms with E-state index < -0.39 is 0 Å². The number of aryl methyl sites for hydroxylation is 1. The molecule has 0 aliphatic carbocycles. The van der Waals surface area contributed by atoms with Gasteiger partial charge in [-0.3, -0.25) is 0 Å². The van der Waals surface area contributed by atoms with Gasteiger partial charge in [0.15, 0.2) is 0 Å². The Kier molecular flexibility index (Phi) is 6.41. The molecule has 0 radical (unpaired) electrons. The summed E-state index contributed by atoms with van der Waals surface area (Å²) in [5.74, 6) is 1.28. The van der Waals surface area contributed by atoms with E-state index in [1.54, 1.807) is 13.2 Å². The minimum atomic E-state index is -0.281. The van der Waals surface area contributed by atoms with Gasteiger partial charge < -0.3 is 15.2 Å². The van der Waals surface area contributed by atoms with Crippen LogP contribution in [0.2, 0.25) is 0 Å². The highest BCUT2D eigenvalue weighted by atomic mass is 19.1. The van der Waals surface area contributed by atoms with Crippen LogP contribution in [0.5, 0.6) is 11.5 Å². The van der Waals surface area contributed by atoms with Crippen molar-refractivity contribution in [2.24, 2.45) is 5.73 Å². The minimum absolute atomic E-state index is 0.00515. The van der Waals surface area contributed by atoms with Crippen molar-refractivity contribution in [3.63, 3.8) is 0 Å². The SMILES string of the molecule is CCc1ccccc1OCCC(CN)c1cc(F)ccc1OC. The summed E-state index contributed by atoms with van der Waals surface area (Å²) < 4.78 is 24.8. The Morgan fingerprint density at radius 1 is 1.13 bits per heavy atom. The fourth-order valence-corrected chi connectivity index (χ4v) is 2.67. The Labute approximate surface area is 137 Å². The van der Waals surface area contributed by atoms with Crippen molar-refractivity contribution >= 4 is 0 Å². The molecule has 2 rings (SSSR count). The second-order valence-corrected chi connectivity index (χ2v) is 5.42. The first kappa shape index (κ1) is 17.3. The Morgan fingerprint density at radius 2 is 1.91 bits per heavy atom. The lowest BCUT2D eigenvalue weighted by Gasteiger charge is -2.19. The number of methoxy groups -OCH3 is 1. The lowest BCUT2D eigenvalue weighted by molar-refractivity contribution is 0.293. The highest BCUT2D eigenvalue weighted by Gasteiger charge is 2.16. The van der Waals surface area contributed by atoms with Crippen molar-refractivity contribution in [2.45, 2.75) is 25.7 Å². The molecule has 0 amide bonds. The number of halogens is 1. The predicted molar refractivity (Wildman–Crippen MR) is 90.7 cm³/mol. The molecule has 1 unspecified atom stereocenters. The highest BCUT2D eigenvalue weighted by Crippen LogP contribution is 2.29. The number of ether oxygens (including phenoxy) is 2. The van der Waals surface area contributed by atoms with Crippen LogP contribution >= 0.6 is 0 Å². The van der Waals surface area contributed by atoms with Crippen LogP contribution in [0.4, 0.5) is 4.39 Å². The summed E-state index contributed by atoms with van der Waals surface area (Å²) in [5, 5.41) is 0. The highest BCUT2D eigenvalue weighted by molar-refractivity contribution is 5.37. The van der Waals surface area contributed by atoms with Crippen LogP contribution in [0.3, 0.4) is 0 Å². The van der Waals surface area contributed by atoms with Crippen LogP contribution in [0, 0.1) is 5.82 Å². The number of benzene rings is 2. The lowest BCUT2D eigenvalue weighted by atomic mass is 9.95. The van der Waals surface area contributed by atoms with Crippen LogP contribution in [-0.4, -0.2) is 20.3 Å². The van der Waals surface area contributed by atoms with Gasteiger partial charge in [0.05, 0.1) is 13.7 Å². The summed E-state index contributed by atoms with van der Waals surface area (Å²) >= 11 is 0. The van der Waals surface area contributed by atoms with Crippen molar-refractivity contribution in [2.75, 3.05) is 20.3 Å². The molecule has 0 fully saturated rings. The molecule has 0 aromatic heterocycles. The number of hydrogen-bond donors (Lipinski definition) is 1. The van der Waals surface area contributed by atoms with Gasteiger partial charge in [0.2, 0.25) is 0 Å². The molecule has 1 atom stereocenters. The van der Waals surface area contributed by atoms with Gasteiger partial charge in [-0.05, 0) is 49.2 Å². The van der Waals surface area contributed by atoms with Gasteiger partial charge in [-0.25, -0.2) is 4.39 Å². The van der Waals surface area contributed by atoms with E-state index in [1.165, 1.54) is 17.7 Å².